The molecular formula is C14H30N4. The summed E-state index contributed by atoms with van der Waals surface area (Å²) in [6.45, 7) is 13.2. The molecule has 0 radical (unpaired) electrons. The van der Waals surface area contributed by atoms with E-state index in [-0.39, 0.29) is 0 Å². The van der Waals surface area contributed by atoms with Crippen LogP contribution < -0.4 is 10.6 Å². The fourth-order valence-corrected chi connectivity index (χ4v) is 2.39. The fourth-order valence-electron chi connectivity index (χ4n) is 2.39. The molecule has 1 fully saturated rings. The highest BCUT2D eigenvalue weighted by molar-refractivity contribution is 5.79. The second-order valence-electron chi connectivity index (χ2n) is 5.10. The number of nitrogens with one attached hydrogen (secondary N) is 2. The molecule has 0 bridgehead atoms. The summed E-state index contributed by atoms with van der Waals surface area (Å²) in [5.74, 6) is 1.72. The summed E-state index contributed by atoms with van der Waals surface area (Å²) in [5, 5.41) is 6.66. The van der Waals surface area contributed by atoms with Gasteiger partial charge in [0.2, 0.25) is 0 Å². The summed E-state index contributed by atoms with van der Waals surface area (Å²) in [6, 6.07) is 0. The number of likely N-dealkylation sites (tertiary alicyclic amines) is 1. The largest absolute Gasteiger partial charge is 0.357 e. The van der Waals surface area contributed by atoms with E-state index >= 15 is 0 Å². The number of hydrogen-bond acceptors (Lipinski definition) is 2. The summed E-state index contributed by atoms with van der Waals surface area (Å²) < 4.78 is 0. The van der Waals surface area contributed by atoms with Crippen LogP contribution in [0.2, 0.25) is 0 Å². The zero-order valence-corrected chi connectivity index (χ0v) is 12.3. The lowest BCUT2D eigenvalue weighted by molar-refractivity contribution is 0.326. The molecule has 0 saturated carbocycles. The lowest BCUT2D eigenvalue weighted by Crippen LogP contribution is -2.38. The molecule has 1 heterocycles. The van der Waals surface area contributed by atoms with E-state index in [2.05, 4.69) is 36.3 Å². The van der Waals surface area contributed by atoms with Gasteiger partial charge in [-0.25, -0.2) is 0 Å². The average Bonchev–Trinajstić information content (AvgIpc) is 2.81. The highest BCUT2D eigenvalue weighted by Gasteiger charge is 2.21. The van der Waals surface area contributed by atoms with Gasteiger partial charge in [-0.05, 0) is 45.2 Å². The van der Waals surface area contributed by atoms with E-state index in [0.29, 0.717) is 0 Å². The molecule has 106 valence electrons. The lowest BCUT2D eigenvalue weighted by atomic mass is 10.1. The summed E-state index contributed by atoms with van der Waals surface area (Å²) in [4.78, 5) is 7.26. The van der Waals surface area contributed by atoms with Crippen molar-refractivity contribution in [3.63, 3.8) is 0 Å². The number of rotatable bonds is 7. The SMILES string of the molecule is CCCNC(=NCC1CCN(CCC)C1)NCC. The smallest absolute Gasteiger partial charge is 0.191 e. The molecule has 4 heteroatoms. The van der Waals surface area contributed by atoms with Crippen molar-refractivity contribution in [1.29, 1.82) is 0 Å². The maximum atomic E-state index is 4.70. The monoisotopic (exact) mass is 254 g/mol. The molecule has 0 aromatic carbocycles. The van der Waals surface area contributed by atoms with Gasteiger partial charge in [0.15, 0.2) is 5.96 Å². The molecule has 1 aliphatic rings. The van der Waals surface area contributed by atoms with E-state index in [9.17, 15) is 0 Å². The van der Waals surface area contributed by atoms with Crippen molar-refractivity contribution >= 4 is 5.96 Å². The van der Waals surface area contributed by atoms with Gasteiger partial charge in [0.1, 0.15) is 0 Å². The van der Waals surface area contributed by atoms with Crippen LogP contribution in [-0.2, 0) is 0 Å². The molecule has 1 rings (SSSR count). The van der Waals surface area contributed by atoms with Crippen molar-refractivity contribution in [1.82, 2.24) is 15.5 Å². The predicted octanol–water partition coefficient (Wildman–Crippen LogP) is 1.68. The molecule has 0 aliphatic carbocycles. The van der Waals surface area contributed by atoms with Crippen molar-refractivity contribution in [3.05, 3.63) is 0 Å². The minimum Gasteiger partial charge on any atom is -0.357 e. The molecular weight excluding hydrogens is 224 g/mol. The van der Waals surface area contributed by atoms with Gasteiger partial charge in [-0.15, -0.1) is 0 Å². The minimum absolute atomic E-state index is 0.744. The molecule has 1 aliphatic heterocycles. The van der Waals surface area contributed by atoms with Gasteiger partial charge in [0.05, 0.1) is 0 Å². The Labute approximate surface area is 112 Å². The number of guanidine groups is 1. The van der Waals surface area contributed by atoms with Crippen molar-refractivity contribution in [3.8, 4) is 0 Å². The number of hydrogen-bond donors (Lipinski definition) is 2. The lowest BCUT2D eigenvalue weighted by Gasteiger charge is -2.14. The van der Waals surface area contributed by atoms with Crippen LogP contribution in [-0.4, -0.2) is 50.1 Å². The van der Waals surface area contributed by atoms with E-state index in [1.54, 1.807) is 0 Å². The van der Waals surface area contributed by atoms with Gasteiger partial charge in [-0.1, -0.05) is 13.8 Å². The van der Waals surface area contributed by atoms with E-state index in [0.717, 1.165) is 37.9 Å². The first-order chi connectivity index (χ1) is 8.80. The second kappa shape index (κ2) is 9.20. The van der Waals surface area contributed by atoms with Crippen LogP contribution >= 0.6 is 0 Å². The Kier molecular flexibility index (Phi) is 7.81. The van der Waals surface area contributed by atoms with Crippen LogP contribution in [0.25, 0.3) is 0 Å². The molecule has 1 saturated heterocycles. The quantitative estimate of drug-likeness (QED) is 0.536. The third kappa shape index (κ3) is 5.71. The zero-order valence-electron chi connectivity index (χ0n) is 12.3. The van der Waals surface area contributed by atoms with Crippen LogP contribution in [0.5, 0.6) is 0 Å². The van der Waals surface area contributed by atoms with Gasteiger partial charge >= 0.3 is 0 Å². The Morgan fingerprint density at radius 2 is 2.06 bits per heavy atom. The second-order valence-corrected chi connectivity index (χ2v) is 5.10. The molecule has 4 nitrogen and oxygen atoms in total. The van der Waals surface area contributed by atoms with Crippen LogP contribution in [0.15, 0.2) is 4.99 Å². The van der Waals surface area contributed by atoms with Crippen molar-refractivity contribution in [2.24, 2.45) is 10.9 Å². The zero-order chi connectivity index (χ0) is 13.2. The summed E-state index contributed by atoms with van der Waals surface area (Å²) in [7, 11) is 0. The van der Waals surface area contributed by atoms with E-state index in [1.165, 1.54) is 32.5 Å². The average molecular weight is 254 g/mol. The van der Waals surface area contributed by atoms with Gasteiger partial charge in [0.25, 0.3) is 0 Å². The topological polar surface area (TPSA) is 39.7 Å². The van der Waals surface area contributed by atoms with Gasteiger partial charge in [-0.2, -0.15) is 0 Å². The number of aliphatic imine (C=N–C) groups is 1. The molecule has 1 atom stereocenters. The van der Waals surface area contributed by atoms with E-state index in [4.69, 9.17) is 4.99 Å². The molecule has 18 heavy (non-hydrogen) atoms. The maximum absolute atomic E-state index is 4.70. The summed E-state index contributed by atoms with van der Waals surface area (Å²) in [5.41, 5.74) is 0. The van der Waals surface area contributed by atoms with E-state index < -0.39 is 0 Å². The highest BCUT2D eigenvalue weighted by Crippen LogP contribution is 2.16. The fraction of sp³-hybridized carbons (Fsp3) is 0.929. The maximum Gasteiger partial charge on any atom is 0.191 e. The first-order valence-corrected chi connectivity index (χ1v) is 7.54. The Morgan fingerprint density at radius 3 is 2.72 bits per heavy atom. The Hall–Kier alpha value is -0.770. The third-order valence-corrected chi connectivity index (χ3v) is 3.30. The van der Waals surface area contributed by atoms with Gasteiger partial charge < -0.3 is 15.5 Å². The first kappa shape index (κ1) is 15.3. The molecule has 0 spiro atoms. The van der Waals surface area contributed by atoms with E-state index in [1.807, 2.05) is 0 Å². The number of nitrogens with zero attached hydrogens (tertiary/aromatic N) is 2. The molecule has 2 N–H and O–H groups in total. The van der Waals surface area contributed by atoms with Crippen LogP contribution in [0.1, 0.15) is 40.0 Å². The van der Waals surface area contributed by atoms with Crippen LogP contribution in [0.4, 0.5) is 0 Å². The minimum atomic E-state index is 0.744. The summed E-state index contributed by atoms with van der Waals surface area (Å²) in [6.07, 6.45) is 3.70. The molecule has 0 aromatic heterocycles. The normalized spacial score (nSPS) is 21.3. The molecule has 0 aromatic rings. The molecule has 1 unspecified atom stereocenters. The first-order valence-electron chi connectivity index (χ1n) is 7.54. The van der Waals surface area contributed by atoms with Crippen LogP contribution in [0, 0.1) is 5.92 Å². The van der Waals surface area contributed by atoms with Crippen LogP contribution in [0.3, 0.4) is 0 Å². The Morgan fingerprint density at radius 1 is 1.22 bits per heavy atom. The van der Waals surface area contributed by atoms with Crippen molar-refractivity contribution in [2.75, 3.05) is 39.3 Å². The Bertz CT molecular complexity index is 240. The van der Waals surface area contributed by atoms with Crippen molar-refractivity contribution in [2.45, 2.75) is 40.0 Å². The van der Waals surface area contributed by atoms with Crippen molar-refractivity contribution < 1.29 is 0 Å². The Balaban J connectivity index is 2.31. The summed E-state index contributed by atoms with van der Waals surface area (Å²) >= 11 is 0. The molecule has 0 amide bonds. The highest BCUT2D eigenvalue weighted by atomic mass is 15.2. The predicted molar refractivity (Wildman–Crippen MR) is 79.1 cm³/mol. The van der Waals surface area contributed by atoms with Gasteiger partial charge in [0, 0.05) is 26.2 Å². The standard InChI is InChI=1S/C14H30N4/c1-4-8-16-14(15-6-3)17-11-13-7-10-18(12-13)9-5-2/h13H,4-12H2,1-3H3,(H2,15,16,17). The third-order valence-electron chi connectivity index (χ3n) is 3.30. The van der Waals surface area contributed by atoms with Gasteiger partial charge in [-0.3, -0.25) is 4.99 Å².